The highest BCUT2D eigenvalue weighted by Gasteiger charge is 2.43. The fraction of sp³-hybridized carbons (Fsp3) is 0.550. The van der Waals surface area contributed by atoms with Gasteiger partial charge in [0.1, 0.15) is 6.04 Å². The zero-order valence-corrected chi connectivity index (χ0v) is 15.2. The van der Waals surface area contributed by atoms with Crippen molar-refractivity contribution in [2.75, 3.05) is 18.0 Å². The van der Waals surface area contributed by atoms with E-state index in [0.717, 1.165) is 24.1 Å². The van der Waals surface area contributed by atoms with Gasteiger partial charge in [-0.05, 0) is 37.3 Å². The Morgan fingerprint density at radius 1 is 1.16 bits per heavy atom. The molecule has 1 atom stereocenters. The van der Waals surface area contributed by atoms with Crippen LogP contribution in [0.25, 0.3) is 0 Å². The van der Waals surface area contributed by atoms with Crippen molar-refractivity contribution in [3.63, 3.8) is 0 Å². The number of para-hydroxylation sites is 1. The van der Waals surface area contributed by atoms with Crippen molar-refractivity contribution in [1.29, 1.82) is 0 Å². The van der Waals surface area contributed by atoms with Crippen LogP contribution in [0, 0.1) is 5.41 Å². The lowest BCUT2D eigenvalue weighted by Gasteiger charge is -2.30. The molecule has 0 N–H and O–H groups in total. The van der Waals surface area contributed by atoms with Gasteiger partial charge in [0.05, 0.1) is 0 Å². The molecule has 2 aliphatic heterocycles. The van der Waals surface area contributed by atoms with Gasteiger partial charge in [-0.1, -0.05) is 39.0 Å². The van der Waals surface area contributed by atoms with Crippen molar-refractivity contribution in [2.45, 2.75) is 52.5 Å². The Kier molecular flexibility index (Phi) is 4.67. The third-order valence-electron chi connectivity index (χ3n) is 5.64. The van der Waals surface area contributed by atoms with E-state index < -0.39 is 23.1 Å². The summed E-state index contributed by atoms with van der Waals surface area (Å²) in [5.74, 6) is -0.954. The standard InChI is InChI=1S/C20H26N2O3/c1-4-20(2,3)17(23)19(25)21-12-7-10-16(21)18(24)22-13-11-14-8-5-6-9-15(14)22/h5-6,8-9,16H,4,7,10-13H2,1-3H3. The van der Waals surface area contributed by atoms with Crippen LogP contribution in [-0.2, 0) is 20.8 Å². The number of benzene rings is 1. The van der Waals surface area contributed by atoms with E-state index in [2.05, 4.69) is 0 Å². The first-order chi connectivity index (χ1) is 11.9. The van der Waals surface area contributed by atoms with Gasteiger partial charge in [0.2, 0.25) is 11.7 Å². The van der Waals surface area contributed by atoms with Crippen molar-refractivity contribution < 1.29 is 14.4 Å². The minimum Gasteiger partial charge on any atom is -0.324 e. The molecule has 25 heavy (non-hydrogen) atoms. The van der Waals surface area contributed by atoms with E-state index in [-0.39, 0.29) is 5.91 Å². The number of Topliss-reactive ketones (excluding diaryl/α,β-unsaturated/α-hetero) is 1. The van der Waals surface area contributed by atoms with E-state index in [1.165, 1.54) is 4.90 Å². The van der Waals surface area contributed by atoms with Crippen LogP contribution in [0.5, 0.6) is 0 Å². The van der Waals surface area contributed by atoms with Crippen LogP contribution >= 0.6 is 0 Å². The maximum Gasteiger partial charge on any atom is 0.291 e. The molecular formula is C20H26N2O3. The molecule has 5 heteroatoms. The summed E-state index contributed by atoms with van der Waals surface area (Å²) in [6.07, 6.45) is 2.83. The van der Waals surface area contributed by atoms with Crippen molar-refractivity contribution >= 4 is 23.3 Å². The largest absolute Gasteiger partial charge is 0.324 e. The predicted octanol–water partition coefficient (Wildman–Crippen LogP) is 2.57. The van der Waals surface area contributed by atoms with Crippen molar-refractivity contribution in [1.82, 2.24) is 4.90 Å². The zero-order chi connectivity index (χ0) is 18.2. The van der Waals surface area contributed by atoms with Gasteiger partial charge in [-0.2, -0.15) is 0 Å². The third kappa shape index (κ3) is 3.08. The Morgan fingerprint density at radius 3 is 2.60 bits per heavy atom. The monoisotopic (exact) mass is 342 g/mol. The van der Waals surface area contributed by atoms with Gasteiger partial charge in [-0.25, -0.2) is 0 Å². The van der Waals surface area contributed by atoms with E-state index in [1.54, 1.807) is 18.7 Å². The van der Waals surface area contributed by atoms with Crippen LogP contribution < -0.4 is 4.90 Å². The Balaban J connectivity index is 1.79. The molecule has 1 saturated heterocycles. The maximum atomic E-state index is 13.1. The maximum absolute atomic E-state index is 13.1. The zero-order valence-electron chi connectivity index (χ0n) is 15.2. The summed E-state index contributed by atoms with van der Waals surface area (Å²) >= 11 is 0. The summed E-state index contributed by atoms with van der Waals surface area (Å²) in [6.45, 7) is 6.61. The van der Waals surface area contributed by atoms with E-state index in [9.17, 15) is 14.4 Å². The molecule has 2 aliphatic rings. The lowest BCUT2D eigenvalue weighted by atomic mass is 9.84. The van der Waals surface area contributed by atoms with E-state index >= 15 is 0 Å². The highest BCUT2D eigenvalue weighted by atomic mass is 16.2. The van der Waals surface area contributed by atoms with Gasteiger partial charge in [0.15, 0.2) is 0 Å². The molecule has 0 radical (unpaired) electrons. The van der Waals surface area contributed by atoms with Crippen LogP contribution in [0.3, 0.4) is 0 Å². The van der Waals surface area contributed by atoms with Gasteiger partial charge in [0.25, 0.3) is 5.91 Å². The number of likely N-dealkylation sites (tertiary alicyclic amines) is 1. The minimum absolute atomic E-state index is 0.0575. The predicted molar refractivity (Wildman–Crippen MR) is 96.3 cm³/mol. The molecule has 1 aromatic carbocycles. The number of ketones is 1. The number of carbonyl (C=O) groups is 3. The van der Waals surface area contributed by atoms with Crippen LogP contribution in [0.15, 0.2) is 24.3 Å². The van der Waals surface area contributed by atoms with Crippen LogP contribution in [0.2, 0.25) is 0 Å². The second-order valence-corrected chi connectivity index (χ2v) is 7.59. The Labute approximate surface area is 149 Å². The lowest BCUT2D eigenvalue weighted by molar-refractivity contribution is -0.151. The topological polar surface area (TPSA) is 57.7 Å². The second-order valence-electron chi connectivity index (χ2n) is 7.59. The first-order valence-corrected chi connectivity index (χ1v) is 9.11. The summed E-state index contributed by atoms with van der Waals surface area (Å²) in [7, 11) is 0. The fourth-order valence-corrected chi connectivity index (χ4v) is 3.59. The number of rotatable bonds is 4. The molecule has 1 fully saturated rings. The molecule has 0 aromatic heterocycles. The smallest absolute Gasteiger partial charge is 0.291 e. The van der Waals surface area contributed by atoms with Gasteiger partial charge in [-0.3, -0.25) is 14.4 Å². The Bertz CT molecular complexity index is 711. The molecule has 0 aliphatic carbocycles. The number of nitrogens with zero attached hydrogens (tertiary/aromatic N) is 2. The average molecular weight is 342 g/mol. The quantitative estimate of drug-likeness (QED) is 0.790. The molecular weight excluding hydrogens is 316 g/mol. The number of carbonyl (C=O) groups excluding carboxylic acids is 3. The summed E-state index contributed by atoms with van der Waals surface area (Å²) < 4.78 is 0. The first-order valence-electron chi connectivity index (χ1n) is 9.11. The van der Waals surface area contributed by atoms with Gasteiger partial charge < -0.3 is 9.80 Å². The highest BCUT2D eigenvalue weighted by Crippen LogP contribution is 2.31. The lowest BCUT2D eigenvalue weighted by Crippen LogP contribution is -2.51. The summed E-state index contributed by atoms with van der Waals surface area (Å²) in [5, 5.41) is 0. The third-order valence-corrected chi connectivity index (χ3v) is 5.64. The van der Waals surface area contributed by atoms with Crippen molar-refractivity contribution in [2.24, 2.45) is 5.41 Å². The molecule has 1 aromatic rings. The first kappa shape index (κ1) is 17.6. The van der Waals surface area contributed by atoms with Crippen molar-refractivity contribution in [3.8, 4) is 0 Å². The fourth-order valence-electron chi connectivity index (χ4n) is 3.59. The van der Waals surface area contributed by atoms with Gasteiger partial charge in [-0.15, -0.1) is 0 Å². The van der Waals surface area contributed by atoms with Gasteiger partial charge >= 0.3 is 0 Å². The molecule has 134 valence electrons. The number of hydrogen-bond donors (Lipinski definition) is 0. The number of fused-ring (bicyclic) bond motifs is 1. The second kappa shape index (κ2) is 6.62. The number of amides is 2. The SMILES string of the molecule is CCC(C)(C)C(=O)C(=O)N1CCCC1C(=O)N1CCc2ccccc21. The van der Waals surface area contributed by atoms with Crippen LogP contribution in [0.4, 0.5) is 5.69 Å². The molecule has 2 amide bonds. The van der Waals surface area contributed by atoms with Crippen molar-refractivity contribution in [3.05, 3.63) is 29.8 Å². The average Bonchev–Trinajstić information content (AvgIpc) is 3.26. The van der Waals surface area contributed by atoms with Gasteiger partial charge in [0, 0.05) is 24.2 Å². The molecule has 0 spiro atoms. The van der Waals surface area contributed by atoms with E-state index in [4.69, 9.17) is 0 Å². The molecule has 1 unspecified atom stereocenters. The summed E-state index contributed by atoms with van der Waals surface area (Å²) in [5.41, 5.74) is 1.41. The van der Waals surface area contributed by atoms with E-state index in [1.807, 2.05) is 31.2 Å². The molecule has 5 nitrogen and oxygen atoms in total. The summed E-state index contributed by atoms with van der Waals surface area (Å²) in [6, 6.07) is 7.37. The molecule has 0 saturated carbocycles. The van der Waals surface area contributed by atoms with Crippen LogP contribution in [-0.4, -0.2) is 41.6 Å². The van der Waals surface area contributed by atoms with Crippen LogP contribution in [0.1, 0.15) is 45.6 Å². The number of anilines is 1. The molecule has 2 heterocycles. The van der Waals surface area contributed by atoms with E-state index in [0.29, 0.717) is 25.9 Å². The molecule has 0 bridgehead atoms. The summed E-state index contributed by atoms with van der Waals surface area (Å²) in [4.78, 5) is 41.7. The Morgan fingerprint density at radius 2 is 1.88 bits per heavy atom. The highest BCUT2D eigenvalue weighted by molar-refractivity contribution is 6.38. The molecule has 3 rings (SSSR count). The normalized spacial score (nSPS) is 19.9. The Hall–Kier alpha value is -2.17. The minimum atomic E-state index is -0.687. The number of hydrogen-bond acceptors (Lipinski definition) is 3.